The third-order valence-corrected chi connectivity index (χ3v) is 5.90. The van der Waals surface area contributed by atoms with Crippen molar-refractivity contribution in [2.75, 3.05) is 47.4 Å². The second-order valence-electron chi connectivity index (χ2n) is 8.12. The van der Waals surface area contributed by atoms with Gasteiger partial charge in [-0.3, -0.25) is 0 Å². The second-order valence-corrected chi connectivity index (χ2v) is 8.12. The lowest BCUT2D eigenvalue weighted by Crippen LogP contribution is -2.09. The van der Waals surface area contributed by atoms with Gasteiger partial charge in [0.25, 0.3) is 0 Å². The number of rotatable bonds is 11. The fourth-order valence-corrected chi connectivity index (χ4v) is 4.00. The van der Waals surface area contributed by atoms with Gasteiger partial charge in [0, 0.05) is 24.1 Å². The Hall–Kier alpha value is -4.46. The van der Waals surface area contributed by atoms with Crippen LogP contribution in [0.4, 0.5) is 5.82 Å². The van der Waals surface area contributed by atoms with Crippen LogP contribution in [0.25, 0.3) is 23.1 Å². The average molecular weight is 502 g/mol. The number of methoxy groups -OCH3 is 5. The minimum Gasteiger partial charge on any atom is -0.497 e. The lowest BCUT2D eigenvalue weighted by Gasteiger charge is -2.14. The second kappa shape index (κ2) is 12.0. The first kappa shape index (κ1) is 25.6. The van der Waals surface area contributed by atoms with E-state index in [1.54, 1.807) is 35.5 Å². The Bertz CT molecular complexity index is 1380. The monoisotopic (exact) mass is 501 g/mol. The maximum atomic E-state index is 5.52. The fraction of sp³-hybridized carbons (Fsp3) is 0.241. The molecule has 0 aliphatic carbocycles. The molecule has 8 nitrogen and oxygen atoms in total. The highest BCUT2D eigenvalue weighted by Gasteiger charge is 2.13. The van der Waals surface area contributed by atoms with Gasteiger partial charge in [0.1, 0.15) is 23.1 Å². The van der Waals surface area contributed by atoms with Crippen molar-refractivity contribution in [3.8, 4) is 28.7 Å². The average Bonchev–Trinajstić information content (AvgIpc) is 2.95. The summed E-state index contributed by atoms with van der Waals surface area (Å²) in [5.41, 5.74) is 2.75. The summed E-state index contributed by atoms with van der Waals surface area (Å²) in [5.74, 6) is 4.72. The van der Waals surface area contributed by atoms with Gasteiger partial charge in [-0.1, -0.05) is 24.3 Å². The third kappa shape index (κ3) is 6.03. The number of hydrogen-bond acceptors (Lipinski definition) is 8. The lowest BCUT2D eigenvalue weighted by atomic mass is 10.1. The number of hydrogen-bond donors (Lipinski definition) is 1. The van der Waals surface area contributed by atoms with E-state index in [1.807, 2.05) is 60.7 Å². The predicted molar refractivity (Wildman–Crippen MR) is 146 cm³/mol. The first-order chi connectivity index (χ1) is 18.1. The van der Waals surface area contributed by atoms with Crippen molar-refractivity contribution in [3.05, 3.63) is 71.5 Å². The molecular formula is C29H31N3O5. The fourth-order valence-electron chi connectivity index (χ4n) is 4.00. The molecular weight excluding hydrogens is 470 g/mol. The van der Waals surface area contributed by atoms with Crippen molar-refractivity contribution in [3.63, 3.8) is 0 Å². The molecule has 1 aromatic heterocycles. The molecule has 3 aromatic carbocycles. The number of nitrogens with zero attached hydrogens (tertiary/aromatic N) is 2. The van der Waals surface area contributed by atoms with Crippen LogP contribution in [0, 0.1) is 0 Å². The van der Waals surface area contributed by atoms with Gasteiger partial charge >= 0.3 is 0 Å². The molecule has 0 unspecified atom stereocenters. The highest BCUT2D eigenvalue weighted by molar-refractivity contribution is 5.92. The van der Waals surface area contributed by atoms with E-state index in [4.69, 9.17) is 33.7 Å². The normalized spacial score (nSPS) is 10.9. The van der Waals surface area contributed by atoms with Gasteiger partial charge in [0.05, 0.1) is 41.1 Å². The van der Waals surface area contributed by atoms with E-state index in [9.17, 15) is 0 Å². The summed E-state index contributed by atoms with van der Waals surface area (Å²) >= 11 is 0. The molecule has 1 N–H and O–H groups in total. The van der Waals surface area contributed by atoms with Crippen LogP contribution in [-0.4, -0.2) is 52.1 Å². The molecule has 1 heterocycles. The van der Waals surface area contributed by atoms with Crippen molar-refractivity contribution in [1.82, 2.24) is 9.97 Å². The maximum absolute atomic E-state index is 5.52. The molecule has 0 fully saturated rings. The maximum Gasteiger partial charge on any atom is 0.162 e. The van der Waals surface area contributed by atoms with Crippen LogP contribution in [0.2, 0.25) is 0 Å². The van der Waals surface area contributed by atoms with Crippen molar-refractivity contribution in [1.29, 1.82) is 0 Å². The molecule has 0 saturated carbocycles. The number of benzene rings is 3. The molecule has 0 aliphatic rings. The van der Waals surface area contributed by atoms with Gasteiger partial charge in [-0.05, 0) is 47.9 Å². The van der Waals surface area contributed by atoms with Crippen LogP contribution in [0.15, 0.2) is 54.6 Å². The lowest BCUT2D eigenvalue weighted by molar-refractivity contribution is 0.356. The SMILES string of the molecule is COc1cc(/C=C/c2nc(NCCc3ccccc3OC)c3cc(OC)c(OC)cc3n2)cc(OC)c1. The molecule has 0 bridgehead atoms. The first-order valence-corrected chi connectivity index (χ1v) is 11.8. The molecule has 0 saturated heterocycles. The number of nitrogens with one attached hydrogen (secondary N) is 1. The Morgan fingerprint density at radius 1 is 0.703 bits per heavy atom. The van der Waals surface area contributed by atoms with Gasteiger partial charge in [-0.15, -0.1) is 0 Å². The van der Waals surface area contributed by atoms with Crippen LogP contribution in [0.5, 0.6) is 28.7 Å². The summed E-state index contributed by atoms with van der Waals surface area (Å²) in [5, 5.41) is 4.31. The quantitative estimate of drug-likeness (QED) is 0.289. The molecule has 192 valence electrons. The first-order valence-electron chi connectivity index (χ1n) is 11.8. The summed E-state index contributed by atoms with van der Waals surface area (Å²) in [7, 11) is 8.15. The summed E-state index contributed by atoms with van der Waals surface area (Å²) in [6.45, 7) is 0.650. The van der Waals surface area contributed by atoms with E-state index in [0.29, 0.717) is 41.2 Å². The molecule has 0 spiro atoms. The highest BCUT2D eigenvalue weighted by Crippen LogP contribution is 2.34. The Labute approximate surface area is 216 Å². The minimum atomic E-state index is 0.543. The van der Waals surface area contributed by atoms with E-state index in [-0.39, 0.29) is 0 Å². The van der Waals surface area contributed by atoms with Gasteiger partial charge in [0.2, 0.25) is 0 Å². The van der Waals surface area contributed by atoms with Gasteiger partial charge in [-0.2, -0.15) is 0 Å². The number of ether oxygens (including phenoxy) is 5. The molecule has 0 atom stereocenters. The summed E-state index contributed by atoms with van der Waals surface area (Å²) < 4.78 is 27.3. The van der Waals surface area contributed by atoms with Crippen LogP contribution >= 0.6 is 0 Å². The van der Waals surface area contributed by atoms with Crippen LogP contribution in [0.3, 0.4) is 0 Å². The highest BCUT2D eigenvalue weighted by atomic mass is 16.5. The van der Waals surface area contributed by atoms with E-state index in [2.05, 4.69) is 11.4 Å². The Kier molecular flexibility index (Phi) is 8.30. The molecule has 0 aliphatic heterocycles. The minimum absolute atomic E-state index is 0.543. The zero-order chi connectivity index (χ0) is 26.2. The molecule has 4 rings (SSSR count). The van der Waals surface area contributed by atoms with Crippen molar-refractivity contribution >= 4 is 28.9 Å². The number of aromatic nitrogens is 2. The van der Waals surface area contributed by atoms with Gasteiger partial charge in [0.15, 0.2) is 17.3 Å². The van der Waals surface area contributed by atoms with Crippen molar-refractivity contribution < 1.29 is 23.7 Å². The molecule has 4 aromatic rings. The van der Waals surface area contributed by atoms with Crippen LogP contribution in [0.1, 0.15) is 17.0 Å². The Morgan fingerprint density at radius 3 is 2.05 bits per heavy atom. The largest absolute Gasteiger partial charge is 0.497 e. The summed E-state index contributed by atoms with van der Waals surface area (Å²) in [6.07, 6.45) is 4.54. The summed E-state index contributed by atoms with van der Waals surface area (Å²) in [4.78, 5) is 9.56. The molecule has 37 heavy (non-hydrogen) atoms. The van der Waals surface area contributed by atoms with Crippen molar-refractivity contribution in [2.45, 2.75) is 6.42 Å². The van der Waals surface area contributed by atoms with E-state index in [1.165, 1.54) is 0 Å². The standard InChI is InChI=1S/C29H31N3O5/c1-33-21-14-19(15-22(16-21)34-2)10-11-28-31-24-18-27(37-5)26(36-4)17-23(24)29(32-28)30-13-12-20-8-6-7-9-25(20)35-3/h6-11,14-18H,12-13H2,1-5H3,(H,30,31,32)/b11-10+. The zero-order valence-electron chi connectivity index (χ0n) is 21.7. The van der Waals surface area contributed by atoms with Gasteiger partial charge in [-0.25, -0.2) is 9.97 Å². The predicted octanol–water partition coefficient (Wildman–Crippen LogP) is 5.50. The Morgan fingerprint density at radius 2 is 1.38 bits per heavy atom. The number of anilines is 1. The van der Waals surface area contributed by atoms with Crippen LogP contribution in [-0.2, 0) is 6.42 Å². The third-order valence-electron chi connectivity index (χ3n) is 5.90. The van der Waals surface area contributed by atoms with E-state index >= 15 is 0 Å². The topological polar surface area (TPSA) is 84.0 Å². The number of fused-ring (bicyclic) bond motifs is 1. The molecule has 0 amide bonds. The molecule has 0 radical (unpaired) electrons. The Balaban J connectivity index is 1.69. The van der Waals surface area contributed by atoms with E-state index < -0.39 is 0 Å². The van der Waals surface area contributed by atoms with Crippen molar-refractivity contribution in [2.24, 2.45) is 0 Å². The zero-order valence-corrected chi connectivity index (χ0v) is 21.7. The van der Waals surface area contributed by atoms with E-state index in [0.717, 1.165) is 34.2 Å². The summed E-state index contributed by atoms with van der Waals surface area (Å²) in [6, 6.07) is 17.4. The molecule has 8 heteroatoms. The smallest absolute Gasteiger partial charge is 0.162 e. The van der Waals surface area contributed by atoms with Gasteiger partial charge < -0.3 is 29.0 Å². The van der Waals surface area contributed by atoms with Crippen LogP contribution < -0.4 is 29.0 Å². The number of para-hydroxylation sites is 1.